The number of aliphatic hydroxyl groups is 1. The number of rotatable bonds is 3. The van der Waals surface area contributed by atoms with Crippen molar-refractivity contribution in [1.82, 2.24) is 9.78 Å². The highest BCUT2D eigenvalue weighted by molar-refractivity contribution is 5.75. The summed E-state index contributed by atoms with van der Waals surface area (Å²) < 4.78 is 1.61. The second kappa shape index (κ2) is 3.90. The van der Waals surface area contributed by atoms with Gasteiger partial charge in [0.25, 0.3) is 0 Å². The van der Waals surface area contributed by atoms with Gasteiger partial charge in [-0.05, 0) is 0 Å². The zero-order chi connectivity index (χ0) is 9.84. The molecule has 1 heterocycles. The van der Waals surface area contributed by atoms with Gasteiger partial charge in [-0.3, -0.25) is 9.67 Å². The molecule has 1 aromatic heterocycles. The molecule has 1 atom stereocenters. The number of aliphatic imine (C=N–C) groups is 1. The second-order valence-corrected chi connectivity index (χ2v) is 2.73. The Labute approximate surface area is 75.9 Å². The molecule has 1 aromatic rings. The molecule has 0 spiro atoms. The smallest absolute Gasteiger partial charge is 0.186 e. The molecular formula is C7H13N5O. The lowest BCUT2D eigenvalue weighted by molar-refractivity contribution is 0.187. The summed E-state index contributed by atoms with van der Waals surface area (Å²) in [5.74, 6) is -0.0251. The van der Waals surface area contributed by atoms with E-state index in [2.05, 4.69) is 10.1 Å². The number of aliphatic hydroxyl groups excluding tert-OH is 1. The van der Waals surface area contributed by atoms with Gasteiger partial charge < -0.3 is 16.6 Å². The summed E-state index contributed by atoms with van der Waals surface area (Å²) in [6.45, 7) is 0.161. The van der Waals surface area contributed by atoms with Gasteiger partial charge in [-0.25, -0.2) is 0 Å². The molecular weight excluding hydrogens is 170 g/mol. The number of aromatic nitrogens is 2. The van der Waals surface area contributed by atoms with Crippen molar-refractivity contribution in [2.45, 2.75) is 6.10 Å². The van der Waals surface area contributed by atoms with Gasteiger partial charge in [0.1, 0.15) is 6.10 Å². The van der Waals surface area contributed by atoms with E-state index in [1.807, 2.05) is 0 Å². The van der Waals surface area contributed by atoms with Crippen molar-refractivity contribution in [1.29, 1.82) is 0 Å². The third-order valence-corrected chi connectivity index (χ3v) is 1.56. The monoisotopic (exact) mass is 183 g/mol. The number of guanidine groups is 1. The van der Waals surface area contributed by atoms with Gasteiger partial charge in [-0.15, -0.1) is 0 Å². The van der Waals surface area contributed by atoms with Crippen LogP contribution in [0.2, 0.25) is 0 Å². The van der Waals surface area contributed by atoms with Gasteiger partial charge in [0, 0.05) is 18.8 Å². The maximum absolute atomic E-state index is 9.51. The Kier molecular flexibility index (Phi) is 2.86. The fourth-order valence-electron chi connectivity index (χ4n) is 0.910. The Hall–Kier alpha value is -1.56. The largest absolute Gasteiger partial charge is 0.386 e. The molecule has 6 nitrogen and oxygen atoms in total. The third kappa shape index (κ3) is 2.75. The van der Waals surface area contributed by atoms with Crippen LogP contribution in [0.1, 0.15) is 11.7 Å². The lowest BCUT2D eigenvalue weighted by Gasteiger charge is -2.03. The highest BCUT2D eigenvalue weighted by atomic mass is 16.3. The van der Waals surface area contributed by atoms with Crippen molar-refractivity contribution in [2.24, 2.45) is 23.5 Å². The van der Waals surface area contributed by atoms with Crippen molar-refractivity contribution < 1.29 is 5.11 Å². The van der Waals surface area contributed by atoms with E-state index in [0.29, 0.717) is 5.56 Å². The predicted molar refractivity (Wildman–Crippen MR) is 48.8 cm³/mol. The van der Waals surface area contributed by atoms with Crippen LogP contribution >= 0.6 is 0 Å². The van der Waals surface area contributed by atoms with E-state index in [0.717, 1.165) is 0 Å². The average Bonchev–Trinajstić information content (AvgIpc) is 2.47. The molecule has 1 unspecified atom stereocenters. The first-order valence-corrected chi connectivity index (χ1v) is 3.81. The Morgan fingerprint density at radius 2 is 2.46 bits per heavy atom. The molecule has 0 fully saturated rings. The maximum Gasteiger partial charge on any atom is 0.186 e. The Bertz CT molecular complexity index is 302. The summed E-state index contributed by atoms with van der Waals surface area (Å²) in [6.07, 6.45) is 2.59. The Morgan fingerprint density at radius 3 is 2.92 bits per heavy atom. The molecule has 0 saturated carbocycles. The van der Waals surface area contributed by atoms with Gasteiger partial charge in [-0.2, -0.15) is 5.10 Å². The van der Waals surface area contributed by atoms with Gasteiger partial charge in [0.2, 0.25) is 0 Å². The summed E-state index contributed by atoms with van der Waals surface area (Å²) in [5.41, 5.74) is 10.9. The van der Waals surface area contributed by atoms with Crippen LogP contribution in [0.5, 0.6) is 0 Å². The van der Waals surface area contributed by atoms with Crippen LogP contribution in [0, 0.1) is 0 Å². The van der Waals surface area contributed by atoms with Crippen LogP contribution in [0.4, 0.5) is 0 Å². The number of hydrogen-bond donors (Lipinski definition) is 3. The first-order valence-electron chi connectivity index (χ1n) is 3.81. The molecule has 0 aromatic carbocycles. The minimum absolute atomic E-state index is 0.0251. The van der Waals surface area contributed by atoms with Gasteiger partial charge >= 0.3 is 0 Å². The molecule has 0 aliphatic heterocycles. The molecule has 0 radical (unpaired) electrons. The highest BCUT2D eigenvalue weighted by Gasteiger charge is 2.07. The summed E-state index contributed by atoms with van der Waals surface area (Å²) in [4.78, 5) is 3.70. The molecule has 13 heavy (non-hydrogen) atoms. The third-order valence-electron chi connectivity index (χ3n) is 1.56. The van der Waals surface area contributed by atoms with E-state index in [9.17, 15) is 5.11 Å². The molecule has 6 heteroatoms. The first kappa shape index (κ1) is 9.53. The molecule has 0 saturated heterocycles. The van der Waals surface area contributed by atoms with Crippen molar-refractivity contribution in [2.75, 3.05) is 6.54 Å². The van der Waals surface area contributed by atoms with Crippen LogP contribution in [-0.4, -0.2) is 27.4 Å². The average molecular weight is 183 g/mol. The lowest BCUT2D eigenvalue weighted by atomic mass is 10.2. The quantitative estimate of drug-likeness (QED) is 0.401. The molecule has 0 aliphatic carbocycles. The van der Waals surface area contributed by atoms with E-state index >= 15 is 0 Å². The van der Waals surface area contributed by atoms with Crippen LogP contribution < -0.4 is 11.5 Å². The van der Waals surface area contributed by atoms with E-state index in [4.69, 9.17) is 11.5 Å². The van der Waals surface area contributed by atoms with E-state index in [1.54, 1.807) is 24.1 Å². The van der Waals surface area contributed by atoms with E-state index in [1.165, 1.54) is 0 Å². The summed E-state index contributed by atoms with van der Waals surface area (Å²) >= 11 is 0. The fourth-order valence-corrected chi connectivity index (χ4v) is 0.910. The number of nitrogens with two attached hydrogens (primary N) is 2. The SMILES string of the molecule is Cn1cc(C(O)CN=C(N)N)cn1. The summed E-state index contributed by atoms with van der Waals surface area (Å²) in [5, 5.41) is 13.4. The van der Waals surface area contributed by atoms with E-state index < -0.39 is 6.10 Å². The fraction of sp³-hybridized carbons (Fsp3) is 0.429. The Balaban J connectivity index is 2.58. The second-order valence-electron chi connectivity index (χ2n) is 2.73. The van der Waals surface area contributed by atoms with Gasteiger partial charge in [-0.1, -0.05) is 0 Å². The van der Waals surface area contributed by atoms with Crippen LogP contribution in [0.15, 0.2) is 17.4 Å². The van der Waals surface area contributed by atoms with Gasteiger partial charge in [0.15, 0.2) is 5.96 Å². The molecule has 72 valence electrons. The zero-order valence-electron chi connectivity index (χ0n) is 7.38. The van der Waals surface area contributed by atoms with Gasteiger partial charge in [0.05, 0.1) is 12.7 Å². The highest BCUT2D eigenvalue weighted by Crippen LogP contribution is 2.10. The first-order chi connectivity index (χ1) is 6.09. The maximum atomic E-state index is 9.51. The predicted octanol–water partition coefficient (Wildman–Crippen LogP) is -1.27. The van der Waals surface area contributed by atoms with Crippen molar-refractivity contribution >= 4 is 5.96 Å². The number of hydrogen-bond acceptors (Lipinski definition) is 3. The van der Waals surface area contributed by atoms with Crippen LogP contribution in [0.25, 0.3) is 0 Å². The normalized spacial score (nSPS) is 12.5. The molecule has 1 rings (SSSR count). The number of aryl methyl sites for hydroxylation is 1. The number of nitrogens with zero attached hydrogens (tertiary/aromatic N) is 3. The zero-order valence-corrected chi connectivity index (χ0v) is 7.38. The minimum atomic E-state index is -0.698. The lowest BCUT2D eigenvalue weighted by Crippen LogP contribution is -2.23. The Morgan fingerprint density at radius 1 is 1.77 bits per heavy atom. The summed E-state index contributed by atoms with van der Waals surface area (Å²) in [6, 6.07) is 0. The standard InChI is InChI=1S/C7H13N5O/c1-12-4-5(2-11-12)6(13)3-10-7(8)9/h2,4,6,13H,3H2,1H3,(H4,8,9,10). The molecule has 5 N–H and O–H groups in total. The van der Waals surface area contributed by atoms with Crippen LogP contribution in [0.3, 0.4) is 0 Å². The summed E-state index contributed by atoms with van der Waals surface area (Å²) in [7, 11) is 1.77. The topological polar surface area (TPSA) is 102 Å². The van der Waals surface area contributed by atoms with Crippen molar-refractivity contribution in [3.05, 3.63) is 18.0 Å². The molecule has 0 amide bonds. The van der Waals surface area contributed by atoms with Crippen molar-refractivity contribution in [3.8, 4) is 0 Å². The van der Waals surface area contributed by atoms with E-state index in [-0.39, 0.29) is 12.5 Å². The van der Waals surface area contributed by atoms with Crippen LogP contribution in [-0.2, 0) is 7.05 Å². The molecule has 0 aliphatic rings. The molecule has 0 bridgehead atoms. The van der Waals surface area contributed by atoms with Crippen molar-refractivity contribution in [3.63, 3.8) is 0 Å². The minimum Gasteiger partial charge on any atom is -0.386 e.